The van der Waals surface area contributed by atoms with Crippen LogP contribution in [0.3, 0.4) is 0 Å². The Kier molecular flexibility index (Phi) is 4.28. The Balaban J connectivity index is 1.87. The van der Waals surface area contributed by atoms with Crippen LogP contribution in [0.15, 0.2) is 12.4 Å². The molecule has 0 radical (unpaired) electrons. The monoisotopic (exact) mass is 236 g/mol. The maximum atomic E-state index is 8.97. The van der Waals surface area contributed by atoms with Crippen molar-refractivity contribution in [2.75, 3.05) is 25.4 Å². The maximum Gasteiger partial charge on any atom is 0.141 e. The van der Waals surface area contributed by atoms with Crippen LogP contribution in [0.4, 0.5) is 5.82 Å². The first kappa shape index (κ1) is 12.3. The number of anilines is 1. The number of piperidine rings is 1. The lowest BCUT2D eigenvalue weighted by molar-refractivity contribution is 0.141. The predicted octanol–water partition coefficient (Wildman–Crippen LogP) is 0.653. The van der Waals surface area contributed by atoms with Gasteiger partial charge in [0.25, 0.3) is 0 Å². The van der Waals surface area contributed by atoms with E-state index in [0.717, 1.165) is 31.7 Å². The van der Waals surface area contributed by atoms with Crippen LogP contribution in [-0.4, -0.2) is 39.7 Å². The highest BCUT2D eigenvalue weighted by Crippen LogP contribution is 2.20. The molecule has 0 amide bonds. The summed E-state index contributed by atoms with van der Waals surface area (Å²) in [4.78, 5) is 10.7. The van der Waals surface area contributed by atoms with Crippen LogP contribution in [0.25, 0.3) is 0 Å². The van der Waals surface area contributed by atoms with Crippen LogP contribution in [-0.2, 0) is 6.54 Å². The first-order valence-electron chi connectivity index (χ1n) is 6.17. The van der Waals surface area contributed by atoms with Gasteiger partial charge in [0.15, 0.2) is 0 Å². The smallest absolute Gasteiger partial charge is 0.141 e. The Morgan fingerprint density at radius 2 is 2.29 bits per heavy atom. The van der Waals surface area contributed by atoms with Gasteiger partial charge in [0.2, 0.25) is 0 Å². The van der Waals surface area contributed by atoms with E-state index in [2.05, 4.69) is 14.9 Å². The van der Waals surface area contributed by atoms with Crippen LogP contribution in [0.5, 0.6) is 0 Å². The second kappa shape index (κ2) is 5.93. The van der Waals surface area contributed by atoms with Crippen molar-refractivity contribution in [3.63, 3.8) is 0 Å². The molecule has 1 aromatic heterocycles. The van der Waals surface area contributed by atoms with Gasteiger partial charge >= 0.3 is 0 Å². The lowest BCUT2D eigenvalue weighted by atomic mass is 9.95. The molecule has 1 aromatic rings. The minimum Gasteiger partial charge on any atom is -0.396 e. The first-order chi connectivity index (χ1) is 8.28. The molecular weight excluding hydrogens is 216 g/mol. The van der Waals surface area contributed by atoms with E-state index >= 15 is 0 Å². The summed E-state index contributed by atoms with van der Waals surface area (Å²) >= 11 is 0. The van der Waals surface area contributed by atoms with Gasteiger partial charge in [-0.25, -0.2) is 4.98 Å². The summed E-state index contributed by atoms with van der Waals surface area (Å²) in [5.41, 5.74) is 6.47. The van der Waals surface area contributed by atoms with Gasteiger partial charge in [-0.2, -0.15) is 0 Å². The van der Waals surface area contributed by atoms with Gasteiger partial charge in [0, 0.05) is 19.7 Å². The molecule has 0 bridgehead atoms. The zero-order chi connectivity index (χ0) is 12.1. The molecule has 2 heterocycles. The number of rotatable bonds is 4. The quantitative estimate of drug-likeness (QED) is 0.803. The summed E-state index contributed by atoms with van der Waals surface area (Å²) in [6.45, 7) is 3.27. The van der Waals surface area contributed by atoms with Gasteiger partial charge in [-0.05, 0) is 31.7 Å². The third-order valence-corrected chi connectivity index (χ3v) is 3.25. The largest absolute Gasteiger partial charge is 0.396 e. The standard InChI is InChI=1S/C12H20N4O/c13-12-7-14-11(6-15-12)9-16-4-1-2-10(8-16)3-5-17/h6-7,10,17H,1-5,8-9H2,(H2,13,15). The molecule has 0 aromatic carbocycles. The molecular formula is C12H20N4O. The highest BCUT2D eigenvalue weighted by atomic mass is 16.3. The summed E-state index contributed by atoms with van der Waals surface area (Å²) in [6.07, 6.45) is 6.68. The Morgan fingerprint density at radius 1 is 1.41 bits per heavy atom. The number of nitrogens with two attached hydrogens (primary N) is 1. The average molecular weight is 236 g/mol. The zero-order valence-electron chi connectivity index (χ0n) is 10.0. The Labute approximate surface area is 102 Å². The minimum atomic E-state index is 0.292. The highest BCUT2D eigenvalue weighted by molar-refractivity contribution is 5.22. The fraction of sp³-hybridized carbons (Fsp3) is 0.667. The lowest BCUT2D eigenvalue weighted by Gasteiger charge is -2.32. The molecule has 2 rings (SSSR count). The summed E-state index contributed by atoms with van der Waals surface area (Å²) in [7, 11) is 0. The zero-order valence-corrected chi connectivity index (χ0v) is 10.0. The molecule has 1 aliphatic heterocycles. The Morgan fingerprint density at radius 3 is 3.00 bits per heavy atom. The van der Waals surface area contributed by atoms with E-state index in [4.69, 9.17) is 10.8 Å². The van der Waals surface area contributed by atoms with E-state index in [-0.39, 0.29) is 0 Å². The van der Waals surface area contributed by atoms with E-state index in [0.29, 0.717) is 18.3 Å². The van der Waals surface area contributed by atoms with Crippen molar-refractivity contribution in [3.05, 3.63) is 18.1 Å². The molecule has 3 N–H and O–H groups in total. The van der Waals surface area contributed by atoms with Crippen molar-refractivity contribution in [2.45, 2.75) is 25.8 Å². The second-order valence-electron chi connectivity index (χ2n) is 4.69. The number of hydrogen-bond acceptors (Lipinski definition) is 5. The Bertz CT molecular complexity index is 339. The number of aromatic nitrogens is 2. The van der Waals surface area contributed by atoms with Crippen molar-refractivity contribution in [2.24, 2.45) is 5.92 Å². The van der Waals surface area contributed by atoms with E-state index in [1.54, 1.807) is 12.4 Å². The van der Waals surface area contributed by atoms with Crippen molar-refractivity contribution < 1.29 is 5.11 Å². The van der Waals surface area contributed by atoms with E-state index < -0.39 is 0 Å². The van der Waals surface area contributed by atoms with Crippen LogP contribution in [0, 0.1) is 5.92 Å². The fourth-order valence-electron chi connectivity index (χ4n) is 2.39. The molecule has 5 nitrogen and oxygen atoms in total. The topological polar surface area (TPSA) is 75.3 Å². The van der Waals surface area contributed by atoms with Gasteiger partial charge in [-0.3, -0.25) is 9.88 Å². The third kappa shape index (κ3) is 3.64. The molecule has 1 aliphatic rings. The average Bonchev–Trinajstić information content (AvgIpc) is 2.33. The molecule has 1 atom stereocenters. The molecule has 0 spiro atoms. The molecule has 1 saturated heterocycles. The van der Waals surface area contributed by atoms with Crippen molar-refractivity contribution in [1.82, 2.24) is 14.9 Å². The van der Waals surface area contributed by atoms with Crippen molar-refractivity contribution in [1.29, 1.82) is 0 Å². The number of likely N-dealkylation sites (tertiary alicyclic amines) is 1. The van der Waals surface area contributed by atoms with Gasteiger partial charge in [0.1, 0.15) is 5.82 Å². The van der Waals surface area contributed by atoms with Gasteiger partial charge in [-0.15, -0.1) is 0 Å². The molecule has 1 unspecified atom stereocenters. The third-order valence-electron chi connectivity index (χ3n) is 3.25. The summed E-state index contributed by atoms with van der Waals surface area (Å²) in [5.74, 6) is 1.08. The fourth-order valence-corrected chi connectivity index (χ4v) is 2.39. The van der Waals surface area contributed by atoms with Crippen LogP contribution in [0.1, 0.15) is 25.0 Å². The van der Waals surface area contributed by atoms with Crippen LogP contribution in [0.2, 0.25) is 0 Å². The number of aliphatic hydroxyl groups is 1. The number of hydrogen-bond donors (Lipinski definition) is 2. The molecule has 0 saturated carbocycles. The Hall–Kier alpha value is -1.20. The lowest BCUT2D eigenvalue weighted by Crippen LogP contribution is -2.35. The van der Waals surface area contributed by atoms with Crippen molar-refractivity contribution in [3.8, 4) is 0 Å². The van der Waals surface area contributed by atoms with Gasteiger partial charge < -0.3 is 10.8 Å². The number of aliphatic hydroxyl groups excluding tert-OH is 1. The van der Waals surface area contributed by atoms with E-state index in [1.807, 2.05) is 0 Å². The molecule has 5 heteroatoms. The maximum absolute atomic E-state index is 8.97. The first-order valence-corrected chi connectivity index (χ1v) is 6.17. The van der Waals surface area contributed by atoms with Crippen LogP contribution >= 0.6 is 0 Å². The predicted molar refractivity (Wildman–Crippen MR) is 66.1 cm³/mol. The normalized spacial score (nSPS) is 21.6. The summed E-state index contributed by atoms with van der Waals surface area (Å²) in [5, 5.41) is 8.97. The SMILES string of the molecule is Nc1cnc(CN2CCCC(CCO)C2)cn1. The van der Waals surface area contributed by atoms with E-state index in [9.17, 15) is 0 Å². The molecule has 94 valence electrons. The molecule has 1 fully saturated rings. The summed E-state index contributed by atoms with van der Waals surface area (Å²) < 4.78 is 0. The van der Waals surface area contributed by atoms with Gasteiger partial charge in [-0.1, -0.05) is 0 Å². The number of nitrogen functional groups attached to an aromatic ring is 1. The molecule has 0 aliphatic carbocycles. The second-order valence-corrected chi connectivity index (χ2v) is 4.69. The molecule has 17 heavy (non-hydrogen) atoms. The van der Waals surface area contributed by atoms with Crippen molar-refractivity contribution >= 4 is 5.82 Å². The highest BCUT2D eigenvalue weighted by Gasteiger charge is 2.19. The van der Waals surface area contributed by atoms with Crippen LogP contribution < -0.4 is 5.73 Å². The minimum absolute atomic E-state index is 0.292. The summed E-state index contributed by atoms with van der Waals surface area (Å²) in [6, 6.07) is 0. The van der Waals surface area contributed by atoms with Gasteiger partial charge in [0.05, 0.1) is 18.1 Å². The van der Waals surface area contributed by atoms with E-state index in [1.165, 1.54) is 12.8 Å². The number of nitrogens with zero attached hydrogens (tertiary/aromatic N) is 3.